The van der Waals surface area contributed by atoms with Crippen molar-refractivity contribution < 1.29 is 9.53 Å². The third kappa shape index (κ3) is 4.61. The van der Waals surface area contributed by atoms with E-state index in [1.165, 1.54) is 6.08 Å². The molecule has 124 valence electrons. The average Bonchev–Trinajstić information content (AvgIpc) is 3.02. The summed E-state index contributed by atoms with van der Waals surface area (Å²) in [7, 11) is 0. The molecule has 1 N–H and O–H groups in total. The lowest BCUT2D eigenvalue weighted by Crippen LogP contribution is -2.14. The maximum atomic E-state index is 12.3. The van der Waals surface area contributed by atoms with E-state index in [1.807, 2.05) is 19.1 Å². The Balaban J connectivity index is 2.17. The van der Waals surface area contributed by atoms with Crippen LogP contribution in [0.5, 0.6) is 5.75 Å². The van der Waals surface area contributed by atoms with Crippen LogP contribution in [0.2, 0.25) is 0 Å². The monoisotopic (exact) mass is 344 g/mol. The molecule has 0 aliphatic rings. The number of nitrogens with zero attached hydrogens (tertiary/aromatic N) is 3. The minimum atomic E-state index is -0.505. The molecule has 1 heterocycles. The summed E-state index contributed by atoms with van der Waals surface area (Å²) < 4.78 is 7.11. The second-order valence-electron chi connectivity index (χ2n) is 4.78. The summed E-state index contributed by atoms with van der Waals surface area (Å²) in [6.07, 6.45) is 4.78. The van der Waals surface area contributed by atoms with Crippen LogP contribution in [0.15, 0.2) is 42.2 Å². The molecule has 0 radical (unpaired) electrons. The van der Waals surface area contributed by atoms with E-state index in [1.54, 1.807) is 35.3 Å². The lowest BCUT2D eigenvalue weighted by atomic mass is 10.2. The molecule has 0 aliphatic heterocycles. The van der Waals surface area contributed by atoms with Gasteiger partial charge in [-0.05, 0) is 25.1 Å². The number of ether oxygens (including phenoxy) is 1. The van der Waals surface area contributed by atoms with Gasteiger partial charge < -0.3 is 10.1 Å². The van der Waals surface area contributed by atoms with Gasteiger partial charge in [-0.2, -0.15) is 10.4 Å². The molecule has 0 bridgehead atoms. The van der Waals surface area contributed by atoms with E-state index in [-0.39, 0.29) is 5.57 Å². The van der Waals surface area contributed by atoms with E-state index in [2.05, 4.69) is 10.4 Å². The molecule has 1 amide bonds. The first-order chi connectivity index (χ1) is 11.7. The van der Waals surface area contributed by atoms with Gasteiger partial charge in [-0.1, -0.05) is 12.1 Å². The van der Waals surface area contributed by atoms with Gasteiger partial charge in [-0.3, -0.25) is 9.48 Å². The number of aromatic nitrogens is 2. The first kappa shape index (κ1) is 17.6. The summed E-state index contributed by atoms with van der Waals surface area (Å²) in [6, 6.07) is 8.98. The Morgan fingerprint density at radius 3 is 3.00 bits per heavy atom. The summed E-state index contributed by atoms with van der Waals surface area (Å²) in [5.41, 5.74) is 1.15. The Labute approximate surface area is 145 Å². The van der Waals surface area contributed by atoms with Crippen LogP contribution >= 0.6 is 11.6 Å². The van der Waals surface area contributed by atoms with Gasteiger partial charge in [0.15, 0.2) is 0 Å². The van der Waals surface area contributed by atoms with Gasteiger partial charge >= 0.3 is 0 Å². The van der Waals surface area contributed by atoms with Crippen molar-refractivity contribution in [1.29, 1.82) is 5.26 Å². The number of nitriles is 1. The van der Waals surface area contributed by atoms with E-state index in [0.717, 1.165) is 0 Å². The summed E-state index contributed by atoms with van der Waals surface area (Å²) in [5.74, 6) is 0.486. The van der Waals surface area contributed by atoms with Crippen LogP contribution in [0.4, 0.5) is 5.69 Å². The number of para-hydroxylation sites is 2. The number of halogens is 1. The Hall–Kier alpha value is -2.78. The van der Waals surface area contributed by atoms with Crippen molar-refractivity contribution in [2.24, 2.45) is 0 Å². The Morgan fingerprint density at radius 2 is 2.29 bits per heavy atom. The number of carbonyl (C=O) groups excluding carboxylic acids is 1. The van der Waals surface area contributed by atoms with Crippen molar-refractivity contribution in [3.8, 4) is 11.8 Å². The molecule has 0 spiro atoms. The quantitative estimate of drug-likeness (QED) is 0.475. The highest BCUT2D eigenvalue weighted by Crippen LogP contribution is 2.24. The number of aryl methyl sites for hydroxylation is 1. The fourth-order valence-electron chi connectivity index (χ4n) is 2.02. The topological polar surface area (TPSA) is 79.9 Å². The van der Waals surface area contributed by atoms with Crippen molar-refractivity contribution >= 4 is 29.3 Å². The lowest BCUT2D eigenvalue weighted by Gasteiger charge is -2.10. The second kappa shape index (κ2) is 8.75. The largest absolute Gasteiger partial charge is 0.492 e. The van der Waals surface area contributed by atoms with Gasteiger partial charge in [0, 0.05) is 17.6 Å². The first-order valence-electron chi connectivity index (χ1n) is 7.41. The highest BCUT2D eigenvalue weighted by Gasteiger charge is 2.12. The summed E-state index contributed by atoms with van der Waals surface area (Å²) in [4.78, 5) is 12.3. The van der Waals surface area contributed by atoms with E-state index in [4.69, 9.17) is 16.3 Å². The Morgan fingerprint density at radius 1 is 1.50 bits per heavy atom. The third-order valence-electron chi connectivity index (χ3n) is 3.08. The van der Waals surface area contributed by atoms with Gasteiger partial charge in [0.25, 0.3) is 5.91 Å². The Bertz CT molecular complexity index is 777. The van der Waals surface area contributed by atoms with E-state index < -0.39 is 5.91 Å². The molecule has 0 saturated heterocycles. The van der Waals surface area contributed by atoms with Gasteiger partial charge in [-0.25, -0.2) is 0 Å². The number of carbonyl (C=O) groups is 1. The van der Waals surface area contributed by atoms with Gasteiger partial charge in [-0.15, -0.1) is 11.6 Å². The zero-order chi connectivity index (χ0) is 17.4. The molecule has 6 nitrogen and oxygen atoms in total. The van der Waals surface area contributed by atoms with Gasteiger partial charge in [0.05, 0.1) is 25.0 Å². The second-order valence-corrected chi connectivity index (χ2v) is 5.16. The highest BCUT2D eigenvalue weighted by atomic mass is 35.5. The molecule has 0 unspecified atom stereocenters. The number of alkyl halides is 1. The fraction of sp³-hybridized carbons (Fsp3) is 0.235. The number of anilines is 1. The van der Waals surface area contributed by atoms with Crippen molar-refractivity contribution in [1.82, 2.24) is 9.78 Å². The molecule has 0 aliphatic carbocycles. The minimum absolute atomic E-state index is 0.0216. The van der Waals surface area contributed by atoms with Gasteiger partial charge in [0.2, 0.25) is 0 Å². The van der Waals surface area contributed by atoms with Crippen molar-refractivity contribution in [3.05, 3.63) is 47.8 Å². The standard InChI is InChI=1S/C17H17ClN4O2/c1-2-24-16-6-4-3-5-15(16)21-17(23)14(10-19)9-13-11-20-22(12-13)8-7-18/h3-6,9,11-12H,2,7-8H2,1H3,(H,21,23). The Kier molecular flexibility index (Phi) is 6.41. The van der Waals surface area contributed by atoms with Crippen LogP contribution in [0.3, 0.4) is 0 Å². The minimum Gasteiger partial charge on any atom is -0.492 e. The average molecular weight is 345 g/mol. The summed E-state index contributed by atoms with van der Waals surface area (Å²) in [5, 5.41) is 16.1. The lowest BCUT2D eigenvalue weighted by molar-refractivity contribution is -0.112. The molecule has 0 atom stereocenters. The normalized spacial score (nSPS) is 11.0. The molecule has 1 aromatic carbocycles. The molecule has 24 heavy (non-hydrogen) atoms. The molecular formula is C17H17ClN4O2. The smallest absolute Gasteiger partial charge is 0.266 e. The number of hydrogen-bond acceptors (Lipinski definition) is 4. The predicted octanol–water partition coefficient (Wildman–Crippen LogP) is 3.07. The summed E-state index contributed by atoms with van der Waals surface area (Å²) in [6.45, 7) is 2.90. The number of rotatable bonds is 7. The number of hydrogen-bond donors (Lipinski definition) is 1. The summed E-state index contributed by atoms with van der Waals surface area (Å²) >= 11 is 5.65. The van der Waals surface area contributed by atoms with E-state index in [0.29, 0.717) is 36.0 Å². The molecule has 0 fully saturated rings. The van der Waals surface area contributed by atoms with Crippen LogP contribution in [0.25, 0.3) is 6.08 Å². The molecule has 2 aromatic rings. The molecular weight excluding hydrogens is 328 g/mol. The maximum Gasteiger partial charge on any atom is 0.266 e. The van der Waals surface area contributed by atoms with Crippen LogP contribution in [0.1, 0.15) is 12.5 Å². The zero-order valence-electron chi connectivity index (χ0n) is 13.2. The zero-order valence-corrected chi connectivity index (χ0v) is 14.0. The van der Waals surface area contributed by atoms with Crippen LogP contribution < -0.4 is 10.1 Å². The van der Waals surface area contributed by atoms with Crippen molar-refractivity contribution in [2.75, 3.05) is 17.8 Å². The van der Waals surface area contributed by atoms with Crippen LogP contribution in [-0.4, -0.2) is 28.2 Å². The number of amides is 1. The third-order valence-corrected chi connectivity index (χ3v) is 3.25. The maximum absolute atomic E-state index is 12.3. The van der Waals surface area contributed by atoms with E-state index >= 15 is 0 Å². The first-order valence-corrected chi connectivity index (χ1v) is 7.94. The van der Waals surface area contributed by atoms with Crippen molar-refractivity contribution in [3.63, 3.8) is 0 Å². The molecule has 0 saturated carbocycles. The molecule has 2 rings (SSSR count). The number of nitrogens with one attached hydrogen (secondary N) is 1. The predicted molar refractivity (Wildman–Crippen MR) is 92.8 cm³/mol. The van der Waals surface area contributed by atoms with Crippen LogP contribution in [-0.2, 0) is 11.3 Å². The van der Waals surface area contributed by atoms with Gasteiger partial charge in [0.1, 0.15) is 17.4 Å². The highest BCUT2D eigenvalue weighted by molar-refractivity contribution is 6.17. The van der Waals surface area contributed by atoms with Crippen LogP contribution in [0, 0.1) is 11.3 Å². The van der Waals surface area contributed by atoms with Crippen molar-refractivity contribution in [2.45, 2.75) is 13.5 Å². The molecule has 7 heteroatoms. The fourth-order valence-corrected chi connectivity index (χ4v) is 2.19. The van der Waals surface area contributed by atoms with E-state index in [9.17, 15) is 10.1 Å². The SMILES string of the molecule is CCOc1ccccc1NC(=O)C(C#N)=Cc1cnn(CCCl)c1. The molecule has 1 aromatic heterocycles. The number of benzene rings is 1.